The number of fused-ring (bicyclic) bond motifs is 2. The Balaban J connectivity index is 1.27. The molecule has 0 radical (unpaired) electrons. The van der Waals surface area contributed by atoms with E-state index in [2.05, 4.69) is 46.6 Å². The van der Waals surface area contributed by atoms with Crippen molar-refractivity contribution in [2.75, 3.05) is 10.6 Å². The van der Waals surface area contributed by atoms with Crippen LogP contribution in [-0.2, 0) is 16.1 Å². The van der Waals surface area contributed by atoms with Crippen LogP contribution in [0.1, 0.15) is 51.0 Å². The number of pyridine rings is 1. The van der Waals surface area contributed by atoms with Gasteiger partial charge in [0.2, 0.25) is 17.8 Å². The number of hydrogen-bond acceptors (Lipinski definition) is 8. The number of likely N-dealkylation sites (tertiary alicyclic amines) is 1. The number of carbonyl (C=O) groups is 3. The smallest absolute Gasteiger partial charge is 0.248 e. The SMILES string of the molecule is CC(=O)c1nn(CC(=O)N2[C@H](C(=O)Nc3cccc(Br)n3)C[C@H]3C[C@@]32C)c2ccc(-c3cnc(NC(C)C)nc3)cc12. The van der Waals surface area contributed by atoms with Crippen LogP contribution >= 0.6 is 15.9 Å². The highest BCUT2D eigenvalue weighted by Gasteiger charge is 2.65. The van der Waals surface area contributed by atoms with Crippen molar-refractivity contribution in [2.24, 2.45) is 5.92 Å². The quantitative estimate of drug-likeness (QED) is 0.211. The maximum Gasteiger partial charge on any atom is 0.248 e. The lowest BCUT2D eigenvalue weighted by Crippen LogP contribution is -2.50. The second kappa shape index (κ2) is 10.6. The fourth-order valence-corrected chi connectivity index (χ4v) is 6.27. The highest BCUT2D eigenvalue weighted by molar-refractivity contribution is 9.10. The summed E-state index contributed by atoms with van der Waals surface area (Å²) in [5, 5.41) is 11.2. The van der Waals surface area contributed by atoms with E-state index in [4.69, 9.17) is 0 Å². The molecule has 0 unspecified atom stereocenters. The molecule has 6 rings (SSSR count). The summed E-state index contributed by atoms with van der Waals surface area (Å²) < 4.78 is 2.17. The summed E-state index contributed by atoms with van der Waals surface area (Å²) in [5.41, 5.74) is 2.19. The summed E-state index contributed by atoms with van der Waals surface area (Å²) >= 11 is 3.32. The first-order valence-electron chi connectivity index (χ1n) is 13.9. The zero-order chi connectivity index (χ0) is 29.8. The predicted octanol–water partition coefficient (Wildman–Crippen LogP) is 4.69. The number of rotatable bonds is 8. The van der Waals surface area contributed by atoms with Gasteiger partial charge < -0.3 is 15.5 Å². The number of halogens is 1. The minimum atomic E-state index is -0.615. The van der Waals surface area contributed by atoms with Crippen molar-refractivity contribution in [3.63, 3.8) is 0 Å². The van der Waals surface area contributed by atoms with E-state index < -0.39 is 6.04 Å². The van der Waals surface area contributed by atoms with Gasteiger partial charge in [0.15, 0.2) is 5.78 Å². The Labute approximate surface area is 251 Å². The first-order valence-corrected chi connectivity index (χ1v) is 14.7. The molecule has 1 saturated heterocycles. The standard InChI is InChI=1S/C30H31BrN8O3/c1-16(2)34-29-32-13-19(14-33-29)18-8-9-22-21(10-18)27(17(3)40)37-38(22)15-26(41)39-23(11-20-12-30(20,39)4)28(42)36-25-7-5-6-24(31)35-25/h5-10,13-14,16,20,23H,11-12,15H2,1-4H3,(H,32,33,34)(H,35,36,42)/t20-,23-,30-/m0/s1. The van der Waals surface area contributed by atoms with Crippen molar-refractivity contribution < 1.29 is 14.4 Å². The monoisotopic (exact) mass is 630 g/mol. The Hall–Kier alpha value is -4.19. The molecule has 2 N–H and O–H groups in total. The van der Waals surface area contributed by atoms with Crippen LogP contribution in [0.2, 0.25) is 0 Å². The van der Waals surface area contributed by atoms with E-state index in [9.17, 15) is 14.4 Å². The molecule has 0 bridgehead atoms. The first-order chi connectivity index (χ1) is 20.0. The Morgan fingerprint density at radius 1 is 1.12 bits per heavy atom. The minimum absolute atomic E-state index is 0.0942. The number of Topliss-reactive ketones (excluding diaryl/α,β-unsaturated/α-hetero) is 1. The number of hydrogen-bond donors (Lipinski definition) is 2. The van der Waals surface area contributed by atoms with E-state index in [1.54, 1.807) is 40.2 Å². The molecule has 12 heteroatoms. The highest BCUT2D eigenvalue weighted by atomic mass is 79.9. The van der Waals surface area contributed by atoms with Gasteiger partial charge in [-0.1, -0.05) is 12.1 Å². The second-order valence-electron chi connectivity index (χ2n) is 11.5. The molecule has 1 aliphatic heterocycles. The maximum atomic E-state index is 13.9. The molecule has 3 aromatic heterocycles. The fraction of sp³-hybridized carbons (Fsp3) is 0.367. The number of amides is 2. The van der Waals surface area contributed by atoms with Gasteiger partial charge in [-0.2, -0.15) is 5.10 Å². The topological polar surface area (TPSA) is 135 Å². The summed E-state index contributed by atoms with van der Waals surface area (Å²) in [4.78, 5) is 54.5. The third kappa shape index (κ3) is 5.15. The van der Waals surface area contributed by atoms with Gasteiger partial charge in [-0.3, -0.25) is 19.1 Å². The van der Waals surface area contributed by atoms with Gasteiger partial charge in [-0.25, -0.2) is 15.0 Å². The van der Waals surface area contributed by atoms with Gasteiger partial charge in [0.1, 0.15) is 28.7 Å². The third-order valence-electron chi connectivity index (χ3n) is 8.06. The number of benzene rings is 1. The van der Waals surface area contributed by atoms with E-state index in [0.29, 0.717) is 33.7 Å². The minimum Gasteiger partial charge on any atom is -0.352 e. The first kappa shape index (κ1) is 28.0. The molecule has 3 atom stereocenters. The number of piperidine rings is 1. The van der Waals surface area contributed by atoms with Crippen molar-refractivity contribution in [1.29, 1.82) is 0 Å². The molecule has 11 nitrogen and oxygen atoms in total. The second-order valence-corrected chi connectivity index (χ2v) is 12.3. The van der Waals surface area contributed by atoms with E-state index in [-0.39, 0.29) is 47.3 Å². The van der Waals surface area contributed by atoms with Crippen LogP contribution in [0.5, 0.6) is 0 Å². The molecule has 1 aliphatic carbocycles. The molecule has 42 heavy (non-hydrogen) atoms. The van der Waals surface area contributed by atoms with Gasteiger partial charge in [-0.05, 0) is 85.3 Å². The Bertz CT molecular complexity index is 1720. The van der Waals surface area contributed by atoms with Crippen LogP contribution < -0.4 is 10.6 Å². The Morgan fingerprint density at radius 3 is 2.57 bits per heavy atom. The summed E-state index contributed by atoms with van der Waals surface area (Å²) in [6, 6.07) is 10.5. The maximum absolute atomic E-state index is 13.9. The Kier molecular flexibility index (Phi) is 7.04. The molecule has 4 aromatic rings. The van der Waals surface area contributed by atoms with Crippen LogP contribution in [0.4, 0.5) is 11.8 Å². The molecule has 2 aliphatic rings. The number of aromatic nitrogens is 5. The van der Waals surface area contributed by atoms with E-state index in [1.165, 1.54) is 6.92 Å². The zero-order valence-corrected chi connectivity index (χ0v) is 25.3. The van der Waals surface area contributed by atoms with E-state index in [0.717, 1.165) is 17.5 Å². The summed E-state index contributed by atoms with van der Waals surface area (Å²) in [5.74, 6) is 0.540. The molecule has 1 saturated carbocycles. The Morgan fingerprint density at radius 2 is 1.88 bits per heavy atom. The molecule has 1 aromatic carbocycles. The largest absolute Gasteiger partial charge is 0.352 e. The van der Waals surface area contributed by atoms with Crippen LogP contribution in [0, 0.1) is 5.92 Å². The van der Waals surface area contributed by atoms with Crippen LogP contribution in [0.3, 0.4) is 0 Å². The summed E-state index contributed by atoms with van der Waals surface area (Å²) in [6.07, 6.45) is 4.91. The molecule has 2 amide bonds. The van der Waals surface area contributed by atoms with Crippen LogP contribution in [0.15, 0.2) is 53.4 Å². The lowest BCUT2D eigenvalue weighted by atomic mass is 10.0. The van der Waals surface area contributed by atoms with Gasteiger partial charge in [-0.15, -0.1) is 0 Å². The number of ketones is 1. The average molecular weight is 632 g/mol. The normalized spacial score (nSPS) is 21.0. The van der Waals surface area contributed by atoms with Gasteiger partial charge >= 0.3 is 0 Å². The average Bonchev–Trinajstić information content (AvgIpc) is 3.30. The lowest BCUT2D eigenvalue weighted by molar-refractivity contribution is -0.140. The molecular weight excluding hydrogens is 600 g/mol. The summed E-state index contributed by atoms with van der Waals surface area (Å²) in [6.45, 7) is 7.42. The fourth-order valence-electron chi connectivity index (χ4n) is 5.93. The van der Waals surface area contributed by atoms with Crippen molar-refractivity contribution in [3.05, 3.63) is 59.1 Å². The molecular formula is C30H31BrN8O3. The number of carbonyl (C=O) groups excluding carboxylic acids is 3. The van der Waals surface area contributed by atoms with Crippen LogP contribution in [0.25, 0.3) is 22.0 Å². The van der Waals surface area contributed by atoms with Gasteiger partial charge in [0.05, 0.1) is 5.52 Å². The van der Waals surface area contributed by atoms with Crippen molar-refractivity contribution in [3.8, 4) is 11.1 Å². The van der Waals surface area contributed by atoms with Crippen molar-refractivity contribution >= 4 is 56.2 Å². The summed E-state index contributed by atoms with van der Waals surface area (Å²) in [7, 11) is 0. The molecule has 4 heterocycles. The van der Waals surface area contributed by atoms with Gasteiger partial charge in [0.25, 0.3) is 0 Å². The predicted molar refractivity (Wildman–Crippen MR) is 162 cm³/mol. The van der Waals surface area contributed by atoms with Crippen molar-refractivity contribution in [1.82, 2.24) is 29.6 Å². The number of nitrogens with one attached hydrogen (secondary N) is 2. The molecule has 216 valence electrons. The highest BCUT2D eigenvalue weighted by Crippen LogP contribution is 2.58. The third-order valence-corrected chi connectivity index (χ3v) is 8.50. The van der Waals surface area contributed by atoms with E-state index in [1.807, 2.05) is 39.0 Å². The molecule has 0 spiro atoms. The zero-order valence-electron chi connectivity index (χ0n) is 23.8. The number of nitrogens with zero attached hydrogens (tertiary/aromatic N) is 6. The van der Waals surface area contributed by atoms with E-state index >= 15 is 0 Å². The lowest BCUT2D eigenvalue weighted by Gasteiger charge is -2.31. The van der Waals surface area contributed by atoms with Gasteiger partial charge in [0, 0.05) is 41.8 Å². The number of anilines is 2. The molecule has 2 fully saturated rings. The van der Waals surface area contributed by atoms with Crippen LogP contribution in [-0.4, -0.2) is 64.9 Å². The van der Waals surface area contributed by atoms with Crippen molar-refractivity contribution in [2.45, 2.75) is 64.7 Å².